The van der Waals surface area contributed by atoms with E-state index in [1.165, 1.54) is 18.3 Å². The number of rotatable bonds is 6. The van der Waals surface area contributed by atoms with Gasteiger partial charge in [0, 0.05) is 17.7 Å². The summed E-state index contributed by atoms with van der Waals surface area (Å²) < 4.78 is 53.0. The predicted molar refractivity (Wildman–Crippen MR) is 122 cm³/mol. The summed E-state index contributed by atoms with van der Waals surface area (Å²) in [6, 6.07) is 2.64. The Morgan fingerprint density at radius 1 is 1.32 bits per heavy atom. The van der Waals surface area contributed by atoms with Gasteiger partial charge in [-0.1, -0.05) is 25.9 Å². The second-order valence-corrected chi connectivity index (χ2v) is 10.2. The molecule has 1 fully saturated rings. The highest BCUT2D eigenvalue weighted by molar-refractivity contribution is 7.09. The lowest BCUT2D eigenvalue weighted by atomic mass is 9.95. The van der Waals surface area contributed by atoms with Crippen LogP contribution in [0.1, 0.15) is 61.3 Å². The van der Waals surface area contributed by atoms with Crippen molar-refractivity contribution in [2.75, 3.05) is 13.2 Å². The van der Waals surface area contributed by atoms with Gasteiger partial charge in [-0.05, 0) is 43.4 Å². The Balaban J connectivity index is 2.05. The van der Waals surface area contributed by atoms with Crippen molar-refractivity contribution in [1.29, 1.82) is 0 Å². The van der Waals surface area contributed by atoms with E-state index in [-0.39, 0.29) is 35.2 Å². The van der Waals surface area contributed by atoms with E-state index in [4.69, 9.17) is 14.7 Å². The second-order valence-electron chi connectivity index (χ2n) is 9.16. The fraction of sp³-hybridized carbons (Fsp3) is 0.522. The Kier molecular flexibility index (Phi) is 7.87. The summed E-state index contributed by atoms with van der Waals surface area (Å²) in [5.74, 6) is -0.939. The van der Waals surface area contributed by atoms with Crippen molar-refractivity contribution in [3.05, 3.63) is 45.2 Å². The number of oxime groups is 1. The van der Waals surface area contributed by atoms with E-state index in [2.05, 4.69) is 10.1 Å². The summed E-state index contributed by atoms with van der Waals surface area (Å²) in [4.78, 5) is 18.7. The van der Waals surface area contributed by atoms with Crippen LogP contribution in [0.15, 0.2) is 34.5 Å². The van der Waals surface area contributed by atoms with Crippen LogP contribution < -0.4 is 9.54 Å². The Morgan fingerprint density at radius 2 is 2.06 bits per heavy atom. The van der Waals surface area contributed by atoms with E-state index in [0.29, 0.717) is 18.0 Å². The fourth-order valence-corrected chi connectivity index (χ4v) is 4.37. The normalized spacial score (nSPS) is 17.9. The molecule has 1 atom stereocenters. The molecule has 1 aliphatic heterocycles. The molecule has 0 unspecified atom stereocenters. The standard InChI is InChI=1S/C23H28F3N3O4S/c1-14(28-31)13-33-18-8-7-15(23(24,25)26)10-17(18)20(30)27-21-29(11-16-6-5-9-32-16)12-19(34-21)22(2,3)4/h7-8,10,12,16,31H,5-6,9,11,13H2,1-4H3/t16-/m1/s1. The Labute approximate surface area is 199 Å². The average Bonchev–Trinajstić information content (AvgIpc) is 3.41. The van der Waals surface area contributed by atoms with Gasteiger partial charge in [-0.25, -0.2) is 0 Å². The lowest BCUT2D eigenvalue weighted by Crippen LogP contribution is -2.23. The van der Waals surface area contributed by atoms with Crippen LogP contribution >= 0.6 is 11.3 Å². The maximum atomic E-state index is 13.3. The molecule has 0 aliphatic carbocycles. The van der Waals surface area contributed by atoms with E-state index < -0.39 is 17.6 Å². The average molecular weight is 500 g/mol. The summed E-state index contributed by atoms with van der Waals surface area (Å²) in [5, 5.41) is 11.8. The first kappa shape index (κ1) is 26.0. The van der Waals surface area contributed by atoms with Crippen LogP contribution in [0.5, 0.6) is 5.75 Å². The zero-order valence-electron chi connectivity index (χ0n) is 19.5. The molecular weight excluding hydrogens is 471 g/mol. The van der Waals surface area contributed by atoms with Gasteiger partial charge in [0.2, 0.25) is 0 Å². The number of alkyl halides is 3. The van der Waals surface area contributed by atoms with Crippen LogP contribution in [-0.2, 0) is 22.9 Å². The number of carbonyl (C=O) groups is 1. The largest absolute Gasteiger partial charge is 0.487 e. The molecule has 1 amide bonds. The Hall–Kier alpha value is -2.66. The molecule has 0 saturated carbocycles. The number of aromatic nitrogens is 1. The summed E-state index contributed by atoms with van der Waals surface area (Å²) in [6.45, 7) is 8.54. The number of thiazole rings is 1. The number of amides is 1. The number of hydrogen-bond donors (Lipinski definition) is 1. The Morgan fingerprint density at radius 3 is 2.65 bits per heavy atom. The summed E-state index contributed by atoms with van der Waals surface area (Å²) >= 11 is 1.31. The molecule has 1 aliphatic rings. The molecule has 2 aromatic rings. The maximum Gasteiger partial charge on any atom is 0.416 e. The van der Waals surface area contributed by atoms with Crippen LogP contribution in [0.4, 0.5) is 13.2 Å². The zero-order chi connectivity index (χ0) is 25.1. The second kappa shape index (κ2) is 10.3. The third kappa shape index (κ3) is 6.47. The molecule has 0 bridgehead atoms. The van der Waals surface area contributed by atoms with Gasteiger partial charge in [0.15, 0.2) is 4.80 Å². The minimum absolute atomic E-state index is 0.00957. The SMILES string of the molecule is CC(COc1ccc(C(F)(F)F)cc1C(=O)N=c1sc(C(C)(C)C)cn1C[C@H]1CCCO1)=NO. The maximum absolute atomic E-state index is 13.3. The number of benzene rings is 1. The molecule has 11 heteroatoms. The quantitative estimate of drug-likeness (QED) is 0.344. The highest BCUT2D eigenvalue weighted by Gasteiger charge is 2.32. The monoisotopic (exact) mass is 499 g/mol. The van der Waals surface area contributed by atoms with Gasteiger partial charge >= 0.3 is 6.18 Å². The van der Waals surface area contributed by atoms with E-state index in [9.17, 15) is 18.0 Å². The molecule has 7 nitrogen and oxygen atoms in total. The van der Waals surface area contributed by atoms with Crippen LogP contribution in [0.2, 0.25) is 0 Å². The van der Waals surface area contributed by atoms with E-state index >= 15 is 0 Å². The van der Waals surface area contributed by atoms with Crippen LogP contribution in [-0.4, -0.2) is 40.7 Å². The molecule has 3 rings (SSSR count). The molecule has 186 valence electrons. The molecule has 0 radical (unpaired) electrons. The first-order valence-corrected chi connectivity index (χ1v) is 11.6. The molecule has 1 aromatic carbocycles. The topological polar surface area (TPSA) is 85.4 Å². The van der Waals surface area contributed by atoms with Gasteiger partial charge in [0.25, 0.3) is 5.91 Å². The van der Waals surface area contributed by atoms with E-state index in [1.54, 1.807) is 0 Å². The van der Waals surface area contributed by atoms with Gasteiger partial charge in [-0.2, -0.15) is 18.2 Å². The molecule has 1 saturated heterocycles. The first-order valence-electron chi connectivity index (χ1n) is 10.8. The number of ether oxygens (including phenoxy) is 2. The van der Waals surface area contributed by atoms with Gasteiger partial charge in [-0.15, -0.1) is 11.3 Å². The number of halogens is 3. The first-order chi connectivity index (χ1) is 15.9. The van der Waals surface area contributed by atoms with Crippen molar-refractivity contribution in [3.8, 4) is 5.75 Å². The van der Waals surface area contributed by atoms with E-state index in [1.807, 2.05) is 31.5 Å². The lowest BCUT2D eigenvalue weighted by molar-refractivity contribution is -0.137. The highest BCUT2D eigenvalue weighted by atomic mass is 32.1. The molecular formula is C23H28F3N3O4S. The van der Waals surface area contributed by atoms with Crippen LogP contribution in [0, 0.1) is 0 Å². The third-order valence-electron chi connectivity index (χ3n) is 5.23. The Bertz CT molecular complexity index is 1120. The minimum Gasteiger partial charge on any atom is -0.487 e. The van der Waals surface area contributed by atoms with Crippen molar-refractivity contribution in [1.82, 2.24) is 4.57 Å². The molecule has 0 spiro atoms. The number of nitrogens with zero attached hydrogens (tertiary/aromatic N) is 3. The number of carbonyl (C=O) groups excluding carboxylic acids is 1. The van der Waals surface area contributed by atoms with Crippen molar-refractivity contribution in [2.24, 2.45) is 10.1 Å². The van der Waals surface area contributed by atoms with Crippen LogP contribution in [0.3, 0.4) is 0 Å². The van der Waals surface area contributed by atoms with Gasteiger partial charge in [0.05, 0.1) is 29.5 Å². The van der Waals surface area contributed by atoms with Gasteiger partial charge in [0.1, 0.15) is 12.4 Å². The summed E-state index contributed by atoms with van der Waals surface area (Å²) in [5.41, 5.74) is -1.32. The van der Waals surface area contributed by atoms with Gasteiger partial charge < -0.3 is 19.2 Å². The van der Waals surface area contributed by atoms with Crippen molar-refractivity contribution in [3.63, 3.8) is 0 Å². The smallest absolute Gasteiger partial charge is 0.416 e. The van der Waals surface area contributed by atoms with Crippen molar-refractivity contribution < 1.29 is 32.6 Å². The summed E-state index contributed by atoms with van der Waals surface area (Å²) in [7, 11) is 0. The van der Waals surface area contributed by atoms with E-state index in [0.717, 1.165) is 35.9 Å². The van der Waals surface area contributed by atoms with Crippen molar-refractivity contribution >= 4 is 23.0 Å². The fourth-order valence-electron chi connectivity index (χ4n) is 3.31. The van der Waals surface area contributed by atoms with Gasteiger partial charge in [-0.3, -0.25) is 4.79 Å². The zero-order valence-corrected chi connectivity index (χ0v) is 20.3. The molecule has 1 aromatic heterocycles. The van der Waals surface area contributed by atoms with Crippen LogP contribution in [0.25, 0.3) is 0 Å². The molecule has 2 heterocycles. The lowest BCUT2D eigenvalue weighted by Gasteiger charge is -2.15. The summed E-state index contributed by atoms with van der Waals surface area (Å²) in [6.07, 6.45) is -0.890. The third-order valence-corrected chi connectivity index (χ3v) is 6.67. The minimum atomic E-state index is -4.64. The molecule has 34 heavy (non-hydrogen) atoms. The highest BCUT2D eigenvalue weighted by Crippen LogP contribution is 2.33. The molecule has 1 N–H and O–H groups in total. The predicted octanol–water partition coefficient (Wildman–Crippen LogP) is 5.01. The number of hydrogen-bond acceptors (Lipinski definition) is 6. The van der Waals surface area contributed by atoms with Crippen molar-refractivity contribution in [2.45, 2.75) is 64.8 Å².